The van der Waals surface area contributed by atoms with E-state index in [1.165, 1.54) is 24.3 Å². The predicted molar refractivity (Wildman–Crippen MR) is 138 cm³/mol. The number of carbonyl (C=O) groups excluding carboxylic acids is 3. The largest absolute Gasteiger partial charge is 0.490 e. The number of nitrogens with zero attached hydrogens (tertiary/aromatic N) is 2. The van der Waals surface area contributed by atoms with Crippen LogP contribution in [-0.4, -0.2) is 29.4 Å². The van der Waals surface area contributed by atoms with Gasteiger partial charge in [0.1, 0.15) is 12.2 Å². The van der Waals surface area contributed by atoms with E-state index < -0.39 is 22.8 Å². The number of rotatable bonds is 8. The van der Waals surface area contributed by atoms with Gasteiger partial charge in [0.05, 0.1) is 21.7 Å². The molecule has 0 aliphatic carbocycles. The van der Waals surface area contributed by atoms with E-state index in [4.69, 9.17) is 9.47 Å². The van der Waals surface area contributed by atoms with Crippen molar-refractivity contribution >= 4 is 51.2 Å². The van der Waals surface area contributed by atoms with Crippen LogP contribution in [0.25, 0.3) is 6.08 Å². The molecule has 10 nitrogen and oxygen atoms in total. The number of urea groups is 1. The summed E-state index contributed by atoms with van der Waals surface area (Å²) in [4.78, 5) is 49.4. The number of imide groups is 2. The highest BCUT2D eigenvalue weighted by Gasteiger charge is 2.37. The topological polar surface area (TPSA) is 128 Å². The summed E-state index contributed by atoms with van der Waals surface area (Å²) >= 11 is 3.47. The minimum Gasteiger partial charge on any atom is -0.490 e. The molecule has 11 heteroatoms. The molecule has 1 heterocycles. The van der Waals surface area contributed by atoms with Crippen molar-refractivity contribution in [3.63, 3.8) is 0 Å². The summed E-state index contributed by atoms with van der Waals surface area (Å²) in [5, 5.41) is 13.2. The van der Waals surface area contributed by atoms with E-state index in [1.807, 2.05) is 30.3 Å². The van der Waals surface area contributed by atoms with Crippen LogP contribution >= 0.6 is 15.9 Å². The Morgan fingerprint density at radius 2 is 1.78 bits per heavy atom. The number of anilines is 1. The first-order valence-electron chi connectivity index (χ1n) is 11.1. The number of barbiturate groups is 1. The summed E-state index contributed by atoms with van der Waals surface area (Å²) in [7, 11) is 0. The molecule has 0 radical (unpaired) electrons. The Hall–Kier alpha value is -4.51. The Morgan fingerprint density at radius 3 is 2.49 bits per heavy atom. The molecule has 3 aromatic rings. The van der Waals surface area contributed by atoms with Crippen LogP contribution in [0.2, 0.25) is 0 Å². The van der Waals surface area contributed by atoms with Crippen molar-refractivity contribution in [2.75, 3.05) is 11.5 Å². The van der Waals surface area contributed by atoms with E-state index in [-0.39, 0.29) is 16.9 Å². The smallest absolute Gasteiger partial charge is 0.335 e. The first kappa shape index (κ1) is 25.6. The number of nitrogens with one attached hydrogen (secondary N) is 1. The van der Waals surface area contributed by atoms with Gasteiger partial charge in [-0.15, -0.1) is 0 Å². The minimum absolute atomic E-state index is 0.0454. The number of ether oxygens (including phenoxy) is 2. The number of nitro benzene ring substituents is 1. The van der Waals surface area contributed by atoms with Crippen LogP contribution in [0.5, 0.6) is 11.5 Å². The summed E-state index contributed by atoms with van der Waals surface area (Å²) < 4.78 is 12.2. The molecule has 1 aliphatic heterocycles. The molecule has 0 atom stereocenters. The highest BCUT2D eigenvalue weighted by atomic mass is 79.9. The third-order valence-electron chi connectivity index (χ3n) is 5.27. The number of carbonyl (C=O) groups is 3. The van der Waals surface area contributed by atoms with E-state index in [1.54, 1.807) is 19.1 Å². The number of amides is 4. The van der Waals surface area contributed by atoms with E-state index in [0.717, 1.165) is 11.6 Å². The number of benzene rings is 3. The highest BCUT2D eigenvalue weighted by molar-refractivity contribution is 9.10. The molecule has 4 rings (SSSR count). The van der Waals surface area contributed by atoms with Crippen LogP contribution in [0, 0.1) is 10.1 Å². The Kier molecular flexibility index (Phi) is 7.63. The van der Waals surface area contributed by atoms with Gasteiger partial charge in [0.15, 0.2) is 11.5 Å². The second-order valence-corrected chi connectivity index (χ2v) is 8.63. The van der Waals surface area contributed by atoms with Crippen molar-refractivity contribution in [1.29, 1.82) is 0 Å². The van der Waals surface area contributed by atoms with Crippen LogP contribution in [0.4, 0.5) is 16.2 Å². The molecule has 4 amide bonds. The number of nitro groups is 1. The first-order chi connectivity index (χ1) is 17.8. The Labute approximate surface area is 219 Å². The number of non-ortho nitro benzene ring substituents is 1. The van der Waals surface area contributed by atoms with Crippen molar-refractivity contribution in [3.05, 3.63) is 98.0 Å². The van der Waals surface area contributed by atoms with Crippen LogP contribution < -0.4 is 19.7 Å². The average Bonchev–Trinajstić information content (AvgIpc) is 2.87. The van der Waals surface area contributed by atoms with Gasteiger partial charge in [-0.3, -0.25) is 25.0 Å². The molecule has 0 saturated carbocycles. The Balaban J connectivity index is 1.67. The molecular formula is C26H20BrN3O7. The van der Waals surface area contributed by atoms with Gasteiger partial charge in [-0.2, -0.15) is 0 Å². The van der Waals surface area contributed by atoms with Crippen molar-refractivity contribution in [1.82, 2.24) is 5.32 Å². The van der Waals surface area contributed by atoms with E-state index in [9.17, 15) is 24.5 Å². The van der Waals surface area contributed by atoms with Gasteiger partial charge in [0.25, 0.3) is 17.5 Å². The average molecular weight is 566 g/mol. The lowest BCUT2D eigenvalue weighted by atomic mass is 10.1. The van der Waals surface area contributed by atoms with Crippen molar-refractivity contribution in [2.24, 2.45) is 0 Å². The Morgan fingerprint density at radius 1 is 1.03 bits per heavy atom. The summed E-state index contributed by atoms with van der Waals surface area (Å²) in [5.74, 6) is -0.987. The maximum absolute atomic E-state index is 13.2. The zero-order chi connectivity index (χ0) is 26.5. The molecular weight excluding hydrogens is 546 g/mol. The molecule has 1 N–H and O–H groups in total. The Bertz CT molecular complexity index is 1420. The summed E-state index contributed by atoms with van der Waals surface area (Å²) in [6.45, 7) is 2.43. The molecule has 0 bridgehead atoms. The summed E-state index contributed by atoms with van der Waals surface area (Å²) in [6, 6.07) is 16.8. The minimum atomic E-state index is -1.01. The monoisotopic (exact) mass is 565 g/mol. The lowest BCUT2D eigenvalue weighted by molar-refractivity contribution is -0.384. The van der Waals surface area contributed by atoms with Crippen LogP contribution in [0.15, 0.2) is 76.8 Å². The fourth-order valence-electron chi connectivity index (χ4n) is 3.61. The van der Waals surface area contributed by atoms with Gasteiger partial charge in [-0.25, -0.2) is 9.69 Å². The molecule has 0 spiro atoms. The second kappa shape index (κ2) is 11.0. The van der Waals surface area contributed by atoms with Crippen LogP contribution in [0.1, 0.15) is 18.1 Å². The zero-order valence-electron chi connectivity index (χ0n) is 19.5. The van der Waals surface area contributed by atoms with Gasteiger partial charge in [0.2, 0.25) is 0 Å². The van der Waals surface area contributed by atoms with E-state index in [0.29, 0.717) is 39.6 Å². The molecule has 3 aromatic carbocycles. The van der Waals surface area contributed by atoms with Gasteiger partial charge < -0.3 is 9.47 Å². The van der Waals surface area contributed by atoms with Gasteiger partial charge >= 0.3 is 6.03 Å². The predicted octanol–water partition coefficient (Wildman–Crippen LogP) is 5.00. The number of halogens is 1. The summed E-state index contributed by atoms with van der Waals surface area (Å²) in [6.07, 6.45) is 1.31. The molecule has 1 saturated heterocycles. The first-order valence-corrected chi connectivity index (χ1v) is 11.9. The molecule has 37 heavy (non-hydrogen) atoms. The molecule has 1 aliphatic rings. The van der Waals surface area contributed by atoms with Gasteiger partial charge in [-0.1, -0.05) is 36.4 Å². The van der Waals surface area contributed by atoms with Crippen molar-refractivity contribution in [3.8, 4) is 11.5 Å². The fourth-order valence-corrected chi connectivity index (χ4v) is 4.18. The number of hydrogen-bond acceptors (Lipinski definition) is 7. The lowest BCUT2D eigenvalue weighted by Gasteiger charge is -2.26. The molecule has 1 fully saturated rings. The second-order valence-electron chi connectivity index (χ2n) is 7.77. The van der Waals surface area contributed by atoms with Crippen molar-refractivity contribution < 1.29 is 28.8 Å². The van der Waals surface area contributed by atoms with E-state index in [2.05, 4.69) is 21.2 Å². The van der Waals surface area contributed by atoms with Crippen LogP contribution in [-0.2, 0) is 16.2 Å². The normalized spacial score (nSPS) is 14.5. The molecule has 0 aromatic heterocycles. The third-order valence-corrected chi connectivity index (χ3v) is 5.86. The van der Waals surface area contributed by atoms with Crippen LogP contribution in [0.3, 0.4) is 0 Å². The van der Waals surface area contributed by atoms with Crippen molar-refractivity contribution in [2.45, 2.75) is 13.5 Å². The van der Waals surface area contributed by atoms with Gasteiger partial charge in [-0.05, 0) is 58.3 Å². The zero-order valence-corrected chi connectivity index (χ0v) is 21.1. The molecule has 0 unspecified atom stereocenters. The fraction of sp³-hybridized carbons (Fsp3) is 0.115. The maximum Gasteiger partial charge on any atom is 0.335 e. The maximum atomic E-state index is 13.2. The number of hydrogen-bond donors (Lipinski definition) is 1. The lowest BCUT2D eigenvalue weighted by Crippen LogP contribution is -2.54. The standard InChI is InChI=1S/C26H20BrN3O7/c1-2-36-22-13-17(12-21(27)23(22)37-15-16-7-4-3-5-8-16)11-20-24(31)28-26(33)29(25(20)32)18-9-6-10-19(14-18)30(34)35/h3-14H,2,15H2,1H3,(H,28,31,33)/b20-11+. The third kappa shape index (κ3) is 5.67. The van der Waals surface area contributed by atoms with E-state index >= 15 is 0 Å². The summed E-state index contributed by atoms with van der Waals surface area (Å²) in [5.41, 5.74) is 0.693. The quantitative estimate of drug-likeness (QED) is 0.176. The highest BCUT2D eigenvalue weighted by Crippen LogP contribution is 2.38. The SMILES string of the molecule is CCOc1cc(/C=C2\C(=O)NC(=O)N(c3cccc([N+](=O)[O-])c3)C2=O)cc(Br)c1OCc1ccccc1. The van der Waals surface area contributed by atoms with Gasteiger partial charge in [0, 0.05) is 12.1 Å². The molecule has 188 valence electrons.